The fourth-order valence-corrected chi connectivity index (χ4v) is 11.1. The van der Waals surface area contributed by atoms with Gasteiger partial charge in [0.15, 0.2) is 0 Å². The molecule has 4 aromatic rings. The molecule has 5 aliphatic rings. The maximum atomic E-state index is 5.51. The van der Waals surface area contributed by atoms with E-state index in [2.05, 4.69) is 126 Å². The van der Waals surface area contributed by atoms with Gasteiger partial charge in [0.2, 0.25) is 0 Å². The third kappa shape index (κ3) is 5.88. The van der Waals surface area contributed by atoms with E-state index in [1.807, 2.05) is 0 Å². The minimum absolute atomic E-state index is 0.329. The van der Waals surface area contributed by atoms with Gasteiger partial charge in [0, 0.05) is 40.2 Å². The molecule has 1 aromatic heterocycles. The molecule has 2 heterocycles. The standard InChI is InChI=1S/C46H53N3/c1-26-13-29(4)42(30(5)14-26)38-9-11-40(48-38)45(43-31(6)15-27(2)16-32(43)7)41-12-10-39(49-41)44-33(8)17-28(3)18-37(44)25-47-46-22-34-19-35(23-46)21-36(20-34)24-46/h9-18,34-36,47-48H,19-25H2,1-8H3/b45-41+. The van der Waals surface area contributed by atoms with E-state index in [9.17, 15) is 0 Å². The molecule has 49 heavy (non-hydrogen) atoms. The van der Waals surface area contributed by atoms with Gasteiger partial charge in [0.05, 0.1) is 11.4 Å². The Kier molecular flexibility index (Phi) is 7.99. The highest BCUT2D eigenvalue weighted by atomic mass is 15.0. The van der Waals surface area contributed by atoms with E-state index < -0.39 is 0 Å². The number of benzene rings is 3. The van der Waals surface area contributed by atoms with Crippen LogP contribution in [0.1, 0.15) is 105 Å². The Balaban J connectivity index is 1.21. The maximum absolute atomic E-state index is 5.51. The summed E-state index contributed by atoms with van der Waals surface area (Å²) in [6.07, 6.45) is 13.0. The van der Waals surface area contributed by atoms with Crippen LogP contribution in [-0.4, -0.2) is 16.2 Å². The molecule has 3 heteroatoms. The summed E-state index contributed by atoms with van der Waals surface area (Å²) >= 11 is 0. The molecule has 9 rings (SSSR count). The Hall–Kier alpha value is -3.95. The Bertz CT molecular complexity index is 2000. The van der Waals surface area contributed by atoms with Crippen LogP contribution < -0.4 is 5.32 Å². The van der Waals surface area contributed by atoms with Crippen molar-refractivity contribution in [2.24, 2.45) is 22.7 Å². The molecule has 4 bridgehead atoms. The molecular formula is C46H53N3. The second-order valence-corrected chi connectivity index (χ2v) is 16.6. The predicted molar refractivity (Wildman–Crippen MR) is 206 cm³/mol. The zero-order valence-corrected chi connectivity index (χ0v) is 30.9. The minimum atomic E-state index is 0.329. The van der Waals surface area contributed by atoms with E-state index in [1.165, 1.54) is 111 Å². The largest absolute Gasteiger partial charge is 0.354 e. The van der Waals surface area contributed by atoms with E-state index in [4.69, 9.17) is 4.99 Å². The molecule has 4 fully saturated rings. The lowest BCUT2D eigenvalue weighted by atomic mass is 9.53. The highest BCUT2D eigenvalue weighted by molar-refractivity contribution is 6.14. The van der Waals surface area contributed by atoms with Crippen molar-refractivity contribution in [1.82, 2.24) is 10.3 Å². The summed E-state index contributed by atoms with van der Waals surface area (Å²) in [7, 11) is 0. The van der Waals surface area contributed by atoms with Gasteiger partial charge in [0.25, 0.3) is 0 Å². The zero-order chi connectivity index (χ0) is 34.2. The van der Waals surface area contributed by atoms with Crippen molar-refractivity contribution in [2.75, 3.05) is 0 Å². The first-order chi connectivity index (χ1) is 23.4. The summed E-state index contributed by atoms with van der Waals surface area (Å²) in [5, 5.41) is 4.20. The SMILES string of the molecule is Cc1cc(C)c(/C(=C2\C=CC(c3c(C)cc(C)cc3CNC34CC5CC(CC(C5)C3)C4)=N2)c2ccc(-c3c(C)cc(C)cc3C)[nH]2)c(C)c1. The van der Waals surface area contributed by atoms with Crippen molar-refractivity contribution >= 4 is 11.3 Å². The number of aromatic amines is 1. The van der Waals surface area contributed by atoms with Crippen molar-refractivity contribution in [3.05, 3.63) is 133 Å². The van der Waals surface area contributed by atoms with E-state index >= 15 is 0 Å². The molecule has 4 aliphatic carbocycles. The summed E-state index contributed by atoms with van der Waals surface area (Å²) in [5.41, 5.74) is 21.5. The number of H-pyrrole nitrogens is 1. The number of aryl methyl sites for hydroxylation is 8. The number of rotatable bonds is 7. The van der Waals surface area contributed by atoms with Gasteiger partial charge in [-0.25, -0.2) is 4.99 Å². The van der Waals surface area contributed by atoms with Gasteiger partial charge < -0.3 is 10.3 Å². The van der Waals surface area contributed by atoms with Crippen LogP contribution in [-0.2, 0) is 6.54 Å². The Morgan fingerprint density at radius 1 is 0.673 bits per heavy atom. The summed E-state index contributed by atoms with van der Waals surface area (Å²) in [6, 6.07) is 18.4. The molecule has 0 spiro atoms. The zero-order valence-electron chi connectivity index (χ0n) is 30.9. The van der Waals surface area contributed by atoms with Gasteiger partial charge in [-0.3, -0.25) is 0 Å². The van der Waals surface area contributed by atoms with Crippen molar-refractivity contribution in [3.8, 4) is 11.3 Å². The third-order valence-electron chi connectivity index (χ3n) is 12.2. The van der Waals surface area contributed by atoms with Crippen LogP contribution in [0.15, 0.2) is 71.4 Å². The number of nitrogens with zero attached hydrogens (tertiary/aromatic N) is 1. The fourth-order valence-electron chi connectivity index (χ4n) is 11.1. The van der Waals surface area contributed by atoms with Crippen LogP contribution in [0.5, 0.6) is 0 Å². The summed E-state index contributed by atoms with van der Waals surface area (Å²) in [5.74, 6) is 2.81. The molecule has 4 saturated carbocycles. The molecule has 3 aromatic carbocycles. The average molecular weight is 648 g/mol. The van der Waals surface area contributed by atoms with Gasteiger partial charge in [-0.15, -0.1) is 0 Å². The molecule has 2 N–H and O–H groups in total. The molecular weight excluding hydrogens is 595 g/mol. The monoisotopic (exact) mass is 647 g/mol. The lowest BCUT2D eigenvalue weighted by molar-refractivity contribution is -0.0206. The first-order valence-electron chi connectivity index (χ1n) is 18.7. The number of aliphatic imine (C=N–C) groups is 1. The van der Waals surface area contributed by atoms with Crippen LogP contribution in [0, 0.1) is 73.1 Å². The van der Waals surface area contributed by atoms with Crippen LogP contribution >= 0.6 is 0 Å². The molecule has 0 unspecified atom stereocenters. The van der Waals surface area contributed by atoms with Gasteiger partial charge in [-0.1, -0.05) is 53.1 Å². The predicted octanol–water partition coefficient (Wildman–Crippen LogP) is 11.0. The lowest BCUT2D eigenvalue weighted by Crippen LogP contribution is -2.58. The van der Waals surface area contributed by atoms with E-state index in [1.54, 1.807) is 0 Å². The van der Waals surface area contributed by atoms with Gasteiger partial charge >= 0.3 is 0 Å². The minimum Gasteiger partial charge on any atom is -0.354 e. The number of hydrogen-bond acceptors (Lipinski definition) is 2. The maximum Gasteiger partial charge on any atom is 0.0737 e. The Labute approximate surface area is 294 Å². The van der Waals surface area contributed by atoms with Crippen LogP contribution in [0.2, 0.25) is 0 Å². The normalized spacial score (nSPS) is 25.0. The second kappa shape index (κ2) is 12.1. The highest BCUT2D eigenvalue weighted by Crippen LogP contribution is 2.55. The first kappa shape index (κ1) is 32.3. The molecule has 0 amide bonds. The van der Waals surface area contributed by atoms with Gasteiger partial charge in [-0.05, 0) is 175 Å². The van der Waals surface area contributed by atoms with Crippen molar-refractivity contribution < 1.29 is 0 Å². The molecule has 0 atom stereocenters. The van der Waals surface area contributed by atoms with Crippen molar-refractivity contribution in [2.45, 2.75) is 106 Å². The quantitative estimate of drug-likeness (QED) is 0.206. The van der Waals surface area contributed by atoms with Crippen LogP contribution in [0.3, 0.4) is 0 Å². The second-order valence-electron chi connectivity index (χ2n) is 16.6. The van der Waals surface area contributed by atoms with E-state index in [0.717, 1.165) is 47.1 Å². The third-order valence-corrected chi connectivity index (χ3v) is 12.2. The summed E-state index contributed by atoms with van der Waals surface area (Å²) in [6.45, 7) is 18.7. The van der Waals surface area contributed by atoms with Crippen molar-refractivity contribution in [1.29, 1.82) is 0 Å². The van der Waals surface area contributed by atoms with E-state index in [-0.39, 0.29) is 0 Å². The average Bonchev–Trinajstić information content (AvgIpc) is 3.67. The highest BCUT2D eigenvalue weighted by Gasteiger charge is 2.50. The van der Waals surface area contributed by atoms with Crippen molar-refractivity contribution in [3.63, 3.8) is 0 Å². The smallest absolute Gasteiger partial charge is 0.0737 e. The van der Waals surface area contributed by atoms with Gasteiger partial charge in [0.1, 0.15) is 0 Å². The molecule has 1 aliphatic heterocycles. The fraction of sp³-hybridized carbons (Fsp3) is 0.413. The number of nitrogens with one attached hydrogen (secondary N) is 2. The topological polar surface area (TPSA) is 40.2 Å². The number of hydrogen-bond donors (Lipinski definition) is 2. The number of allylic oxidation sites excluding steroid dienone is 2. The Morgan fingerprint density at radius 3 is 1.80 bits per heavy atom. The molecule has 0 saturated heterocycles. The molecule has 0 radical (unpaired) electrons. The molecule has 3 nitrogen and oxygen atoms in total. The van der Waals surface area contributed by atoms with Crippen LogP contribution in [0.25, 0.3) is 16.8 Å². The molecule has 252 valence electrons. The van der Waals surface area contributed by atoms with Gasteiger partial charge in [-0.2, -0.15) is 0 Å². The first-order valence-corrected chi connectivity index (χ1v) is 18.7. The summed E-state index contributed by atoms with van der Waals surface area (Å²) in [4.78, 5) is 9.38. The Morgan fingerprint density at radius 2 is 1.20 bits per heavy atom. The lowest BCUT2D eigenvalue weighted by Gasteiger charge is -2.57. The van der Waals surface area contributed by atoms with Crippen LogP contribution in [0.4, 0.5) is 0 Å². The summed E-state index contributed by atoms with van der Waals surface area (Å²) < 4.78 is 0. The van der Waals surface area contributed by atoms with E-state index in [0.29, 0.717) is 5.54 Å². The number of aromatic nitrogens is 1.